The van der Waals surface area contributed by atoms with Crippen LogP contribution in [0.2, 0.25) is 0 Å². The summed E-state index contributed by atoms with van der Waals surface area (Å²) >= 11 is 0. The number of nitrogens with zero attached hydrogens (tertiary/aromatic N) is 2. The Labute approximate surface area is 132 Å². The Bertz CT molecular complexity index is 597. The van der Waals surface area contributed by atoms with E-state index in [-0.39, 0.29) is 25.4 Å². The molecule has 0 bridgehead atoms. The van der Waals surface area contributed by atoms with Gasteiger partial charge >= 0.3 is 6.18 Å². The summed E-state index contributed by atoms with van der Waals surface area (Å²) in [5, 5.41) is 18.3. The lowest BCUT2D eigenvalue weighted by Crippen LogP contribution is -2.54. The molecule has 1 fully saturated rings. The smallest absolute Gasteiger partial charge is 0.380 e. The van der Waals surface area contributed by atoms with Crippen molar-refractivity contribution >= 4 is 5.91 Å². The highest BCUT2D eigenvalue weighted by Gasteiger charge is 2.54. The summed E-state index contributed by atoms with van der Waals surface area (Å²) in [7, 11) is 0. The quantitative estimate of drug-likeness (QED) is 0.928. The van der Waals surface area contributed by atoms with E-state index in [2.05, 4.69) is 0 Å². The lowest BCUT2D eigenvalue weighted by atomic mass is 9.90. The second kappa shape index (κ2) is 6.59. The average Bonchev–Trinajstić information content (AvgIpc) is 2.53. The fourth-order valence-electron chi connectivity index (χ4n) is 2.56. The molecule has 23 heavy (non-hydrogen) atoms. The number of rotatable bonds is 3. The number of carbonyl (C=O) groups excluding carboxylic acids is 1. The Kier molecular flexibility index (Phi) is 4.95. The number of aliphatic hydroxyl groups is 1. The van der Waals surface area contributed by atoms with Crippen molar-refractivity contribution in [1.29, 1.82) is 5.26 Å². The SMILES string of the molecule is N#Cc1ccc(CCC(=O)N2CCC(O)(C(F)(F)F)CC2)cc1. The molecule has 1 aromatic carbocycles. The third-order valence-corrected chi connectivity index (χ3v) is 4.18. The summed E-state index contributed by atoms with van der Waals surface area (Å²) in [4.78, 5) is 13.4. The largest absolute Gasteiger partial charge is 0.417 e. The maximum atomic E-state index is 12.7. The highest BCUT2D eigenvalue weighted by Crippen LogP contribution is 2.38. The molecule has 4 nitrogen and oxygen atoms in total. The summed E-state index contributed by atoms with van der Waals surface area (Å²) in [5.74, 6) is -0.224. The monoisotopic (exact) mass is 326 g/mol. The molecular formula is C16H17F3N2O2. The molecule has 0 aliphatic carbocycles. The van der Waals surface area contributed by atoms with Gasteiger partial charge in [0.25, 0.3) is 0 Å². The summed E-state index contributed by atoms with van der Waals surface area (Å²) in [6.07, 6.45) is -4.98. The van der Waals surface area contributed by atoms with Crippen LogP contribution in [-0.4, -0.2) is 40.8 Å². The van der Waals surface area contributed by atoms with Crippen molar-refractivity contribution in [2.45, 2.75) is 37.5 Å². The second-order valence-corrected chi connectivity index (χ2v) is 5.72. The molecule has 0 atom stereocenters. The van der Waals surface area contributed by atoms with Crippen molar-refractivity contribution in [2.24, 2.45) is 0 Å². The molecule has 1 saturated heterocycles. The lowest BCUT2D eigenvalue weighted by molar-refractivity contribution is -0.272. The molecule has 1 aromatic rings. The van der Waals surface area contributed by atoms with E-state index in [1.54, 1.807) is 24.3 Å². The number of halogens is 3. The van der Waals surface area contributed by atoms with Crippen LogP contribution in [0.15, 0.2) is 24.3 Å². The minimum atomic E-state index is -4.66. The van der Waals surface area contributed by atoms with Gasteiger partial charge in [-0.1, -0.05) is 12.1 Å². The van der Waals surface area contributed by atoms with Gasteiger partial charge in [0.05, 0.1) is 11.6 Å². The number of hydrogen-bond donors (Lipinski definition) is 1. The van der Waals surface area contributed by atoms with Gasteiger partial charge in [0.2, 0.25) is 5.91 Å². The highest BCUT2D eigenvalue weighted by molar-refractivity contribution is 5.76. The summed E-state index contributed by atoms with van der Waals surface area (Å²) in [6, 6.07) is 8.82. The first-order valence-electron chi connectivity index (χ1n) is 7.31. The Morgan fingerprint density at radius 3 is 2.30 bits per heavy atom. The van der Waals surface area contributed by atoms with E-state index in [0.29, 0.717) is 12.0 Å². The van der Waals surface area contributed by atoms with E-state index in [4.69, 9.17) is 5.26 Å². The first-order valence-corrected chi connectivity index (χ1v) is 7.31. The summed E-state index contributed by atoms with van der Waals surface area (Å²) < 4.78 is 38.1. The van der Waals surface area contributed by atoms with E-state index < -0.39 is 24.6 Å². The van der Waals surface area contributed by atoms with Gasteiger partial charge in [0.15, 0.2) is 5.60 Å². The van der Waals surface area contributed by atoms with Crippen LogP contribution in [0, 0.1) is 11.3 Å². The van der Waals surface area contributed by atoms with Crippen molar-refractivity contribution in [3.05, 3.63) is 35.4 Å². The zero-order valence-electron chi connectivity index (χ0n) is 12.4. The van der Waals surface area contributed by atoms with Crippen molar-refractivity contribution < 1.29 is 23.1 Å². The minimum Gasteiger partial charge on any atom is -0.380 e. The molecule has 7 heteroatoms. The first kappa shape index (κ1) is 17.3. The lowest BCUT2D eigenvalue weighted by Gasteiger charge is -2.39. The second-order valence-electron chi connectivity index (χ2n) is 5.72. The molecule has 0 saturated carbocycles. The van der Waals surface area contributed by atoms with Crippen molar-refractivity contribution in [3.63, 3.8) is 0 Å². The average molecular weight is 326 g/mol. The van der Waals surface area contributed by atoms with Crippen LogP contribution in [-0.2, 0) is 11.2 Å². The maximum Gasteiger partial charge on any atom is 0.417 e. The number of amides is 1. The minimum absolute atomic E-state index is 0.0950. The van der Waals surface area contributed by atoms with Gasteiger partial charge in [-0.3, -0.25) is 4.79 Å². The molecule has 0 radical (unpaired) electrons. The molecule has 0 unspecified atom stereocenters. The molecule has 1 N–H and O–H groups in total. The topological polar surface area (TPSA) is 64.3 Å². The molecule has 1 amide bonds. The maximum absolute atomic E-state index is 12.7. The number of nitriles is 1. The zero-order valence-corrected chi connectivity index (χ0v) is 12.4. The van der Waals surface area contributed by atoms with Crippen LogP contribution in [0.5, 0.6) is 0 Å². The predicted molar refractivity (Wildman–Crippen MR) is 76.3 cm³/mol. The highest BCUT2D eigenvalue weighted by atomic mass is 19.4. The van der Waals surface area contributed by atoms with E-state index in [1.807, 2.05) is 6.07 Å². The molecule has 124 valence electrons. The van der Waals surface area contributed by atoms with Gasteiger partial charge in [0.1, 0.15) is 0 Å². The Morgan fingerprint density at radius 2 is 1.83 bits per heavy atom. The third-order valence-electron chi connectivity index (χ3n) is 4.18. The number of piperidine rings is 1. The number of aryl methyl sites for hydroxylation is 1. The van der Waals surface area contributed by atoms with Gasteiger partial charge in [0, 0.05) is 32.4 Å². The molecule has 2 rings (SSSR count). The van der Waals surface area contributed by atoms with E-state index in [9.17, 15) is 23.1 Å². The molecule has 0 aromatic heterocycles. The molecule has 1 aliphatic rings. The number of alkyl halides is 3. The normalized spacial score (nSPS) is 17.6. The Balaban J connectivity index is 1.84. The molecule has 1 aliphatic heterocycles. The van der Waals surface area contributed by atoms with Gasteiger partial charge in [-0.2, -0.15) is 18.4 Å². The van der Waals surface area contributed by atoms with Crippen molar-refractivity contribution in [2.75, 3.05) is 13.1 Å². The zero-order chi connectivity index (χ0) is 17.1. The number of likely N-dealkylation sites (tertiary alicyclic amines) is 1. The summed E-state index contributed by atoms with van der Waals surface area (Å²) in [6.45, 7) is -0.190. The van der Waals surface area contributed by atoms with Crippen molar-refractivity contribution in [1.82, 2.24) is 4.90 Å². The molecule has 1 heterocycles. The van der Waals surface area contributed by atoms with Crippen LogP contribution >= 0.6 is 0 Å². The van der Waals surface area contributed by atoms with Crippen LogP contribution in [0.1, 0.15) is 30.4 Å². The molecule has 0 spiro atoms. The Morgan fingerprint density at radius 1 is 1.26 bits per heavy atom. The van der Waals surface area contributed by atoms with Gasteiger partial charge < -0.3 is 10.0 Å². The Hall–Kier alpha value is -2.07. The first-order chi connectivity index (χ1) is 10.7. The van der Waals surface area contributed by atoms with Crippen molar-refractivity contribution in [3.8, 4) is 6.07 Å². The fraction of sp³-hybridized carbons (Fsp3) is 0.500. The summed E-state index contributed by atoms with van der Waals surface area (Å²) in [5.41, 5.74) is -1.26. The van der Waals surface area contributed by atoms with Crippen LogP contribution in [0.3, 0.4) is 0 Å². The van der Waals surface area contributed by atoms with Crippen LogP contribution in [0.25, 0.3) is 0 Å². The van der Waals surface area contributed by atoms with E-state index >= 15 is 0 Å². The van der Waals surface area contributed by atoms with Crippen LogP contribution < -0.4 is 0 Å². The van der Waals surface area contributed by atoms with Gasteiger partial charge in [-0.15, -0.1) is 0 Å². The number of carbonyl (C=O) groups is 1. The van der Waals surface area contributed by atoms with Gasteiger partial charge in [-0.05, 0) is 24.1 Å². The number of benzene rings is 1. The predicted octanol–water partition coefficient (Wildman–Crippen LogP) is 2.41. The van der Waals surface area contributed by atoms with E-state index in [1.165, 1.54) is 4.90 Å². The fourth-order valence-corrected chi connectivity index (χ4v) is 2.56. The third kappa shape index (κ3) is 4.02. The standard InChI is InChI=1S/C16H17F3N2O2/c17-16(18,19)15(23)7-9-21(10-8-15)14(22)6-5-12-1-3-13(11-20)4-2-12/h1-4,23H,5-10H2. The van der Waals surface area contributed by atoms with Crippen LogP contribution in [0.4, 0.5) is 13.2 Å². The number of hydrogen-bond acceptors (Lipinski definition) is 3. The molecular weight excluding hydrogens is 309 g/mol. The van der Waals surface area contributed by atoms with Gasteiger partial charge in [-0.25, -0.2) is 0 Å². The van der Waals surface area contributed by atoms with E-state index in [0.717, 1.165) is 5.56 Å².